The zero-order valence-corrected chi connectivity index (χ0v) is 24.1. The highest BCUT2D eigenvalue weighted by molar-refractivity contribution is 14.2. The molecule has 1 spiro atoms. The molecule has 34 heavy (non-hydrogen) atoms. The maximum absolute atomic E-state index is 12.6. The number of aryl methyl sites for hydroxylation is 1. The van der Waals surface area contributed by atoms with Crippen LogP contribution in [0.25, 0.3) is 22.0 Å². The van der Waals surface area contributed by atoms with Crippen molar-refractivity contribution in [2.75, 3.05) is 31.1 Å². The van der Waals surface area contributed by atoms with Crippen molar-refractivity contribution in [1.82, 2.24) is 18.8 Å². The summed E-state index contributed by atoms with van der Waals surface area (Å²) >= 11 is 2.21. The molecule has 2 aliphatic rings. The highest BCUT2D eigenvalue weighted by Crippen LogP contribution is 2.40. The Morgan fingerprint density at radius 1 is 1.03 bits per heavy atom. The third kappa shape index (κ3) is 5.49. The van der Waals surface area contributed by atoms with Crippen LogP contribution in [0.4, 0.5) is 5.82 Å². The summed E-state index contributed by atoms with van der Waals surface area (Å²) in [5, 5.41) is 4.47. The maximum atomic E-state index is 12.6. The van der Waals surface area contributed by atoms with Crippen molar-refractivity contribution in [2.24, 2.45) is 12.5 Å². The molecular formula is C26H38IN5OS. The summed E-state index contributed by atoms with van der Waals surface area (Å²) in [7, 11) is 3.32. The summed E-state index contributed by atoms with van der Waals surface area (Å²) in [5.74, 6) is 1.06. The van der Waals surface area contributed by atoms with Crippen LogP contribution in [0.5, 0.6) is 0 Å². The van der Waals surface area contributed by atoms with Crippen molar-refractivity contribution in [3.63, 3.8) is 0 Å². The lowest BCUT2D eigenvalue weighted by Crippen LogP contribution is -2.45. The number of fused-ring (bicyclic) bond motifs is 1. The highest BCUT2D eigenvalue weighted by Gasteiger charge is 2.35. The van der Waals surface area contributed by atoms with Crippen LogP contribution in [-0.4, -0.2) is 39.7 Å². The van der Waals surface area contributed by atoms with Crippen molar-refractivity contribution >= 4 is 47.0 Å². The van der Waals surface area contributed by atoms with Gasteiger partial charge in [0.1, 0.15) is 11.3 Å². The summed E-state index contributed by atoms with van der Waals surface area (Å²) in [5.41, 5.74) is 3.38. The monoisotopic (exact) mass is 595 g/mol. The first-order valence-corrected chi connectivity index (χ1v) is 15.8. The Bertz CT molecular complexity index is 1110. The van der Waals surface area contributed by atoms with E-state index in [1.807, 2.05) is 63.4 Å². The third-order valence-electron chi connectivity index (χ3n) is 6.93. The average Bonchev–Trinajstić information content (AvgIpc) is 3.34. The van der Waals surface area contributed by atoms with Crippen molar-refractivity contribution in [3.05, 3.63) is 47.1 Å². The minimum atomic E-state index is 0.0210. The Morgan fingerprint density at radius 3 is 2.29 bits per heavy atom. The lowest BCUT2D eigenvalue weighted by atomic mass is 9.71. The average molecular weight is 596 g/mol. The van der Waals surface area contributed by atoms with E-state index < -0.39 is 0 Å². The quantitative estimate of drug-likeness (QED) is 0.362. The van der Waals surface area contributed by atoms with Crippen LogP contribution in [0.3, 0.4) is 0 Å². The number of halogens is 1. The Hall–Kier alpha value is -1.52. The molecule has 0 atom stereocenters. The molecule has 8 heteroatoms. The van der Waals surface area contributed by atoms with Crippen molar-refractivity contribution in [2.45, 2.75) is 53.4 Å². The Balaban J connectivity index is 0.000000771. The summed E-state index contributed by atoms with van der Waals surface area (Å²) in [6.45, 7) is 12.5. The van der Waals surface area contributed by atoms with E-state index in [0.29, 0.717) is 5.41 Å². The van der Waals surface area contributed by atoms with Gasteiger partial charge in [0.15, 0.2) is 0 Å². The zero-order chi connectivity index (χ0) is 24.7. The Kier molecular flexibility index (Phi) is 9.91. The predicted molar refractivity (Wildman–Crippen MR) is 156 cm³/mol. The summed E-state index contributed by atoms with van der Waals surface area (Å²) in [6, 6.07) is 6.30. The van der Waals surface area contributed by atoms with Crippen LogP contribution in [0, 0.1) is 5.41 Å². The number of piperidine rings is 2. The fraction of sp³-hybridized carbons (Fsp3) is 0.538. The van der Waals surface area contributed by atoms with Crippen LogP contribution < -0.4 is 15.8 Å². The SMILES string of the molecule is CC.CC.Cn1cc(-c2ccc(N3CCC4(CCNCC4)CC3)nc2)c2ccn(SI)c2c1=O. The van der Waals surface area contributed by atoms with Gasteiger partial charge in [-0.05, 0) is 62.4 Å². The number of rotatable bonds is 3. The number of nitrogens with zero attached hydrogens (tertiary/aromatic N) is 4. The van der Waals surface area contributed by atoms with Crippen LogP contribution in [0.2, 0.25) is 0 Å². The van der Waals surface area contributed by atoms with Crippen molar-refractivity contribution in [3.8, 4) is 11.1 Å². The summed E-state index contributed by atoms with van der Waals surface area (Å²) in [4.78, 5) is 19.9. The van der Waals surface area contributed by atoms with E-state index in [2.05, 4.69) is 43.6 Å². The molecule has 1 N–H and O–H groups in total. The topological polar surface area (TPSA) is 55.1 Å². The molecular weight excluding hydrogens is 557 g/mol. The van der Waals surface area contributed by atoms with E-state index in [-0.39, 0.29) is 5.56 Å². The van der Waals surface area contributed by atoms with Gasteiger partial charge in [-0.2, -0.15) is 0 Å². The number of hydrogen-bond donors (Lipinski definition) is 1. The number of nitrogens with one attached hydrogen (secondary N) is 1. The second kappa shape index (κ2) is 12.4. The van der Waals surface area contributed by atoms with Crippen LogP contribution in [0.15, 0.2) is 41.6 Å². The van der Waals surface area contributed by atoms with Gasteiger partial charge in [-0.15, -0.1) is 0 Å². The molecule has 0 radical (unpaired) electrons. The van der Waals surface area contributed by atoms with E-state index in [0.717, 1.165) is 40.9 Å². The van der Waals surface area contributed by atoms with Gasteiger partial charge in [-0.1, -0.05) is 27.7 Å². The summed E-state index contributed by atoms with van der Waals surface area (Å²) in [6.07, 6.45) is 11.0. The van der Waals surface area contributed by atoms with Gasteiger partial charge in [0.2, 0.25) is 0 Å². The second-order valence-electron chi connectivity index (χ2n) is 8.57. The molecule has 0 bridgehead atoms. The van der Waals surface area contributed by atoms with Gasteiger partial charge in [-0.3, -0.25) is 8.77 Å². The lowest BCUT2D eigenvalue weighted by molar-refractivity contribution is 0.154. The lowest BCUT2D eigenvalue weighted by Gasteiger charge is -2.44. The fourth-order valence-corrected chi connectivity index (χ4v) is 6.35. The van der Waals surface area contributed by atoms with E-state index in [9.17, 15) is 4.79 Å². The molecule has 0 unspecified atom stereocenters. The molecule has 0 aliphatic carbocycles. The molecule has 6 nitrogen and oxygen atoms in total. The first kappa shape index (κ1) is 27.1. The van der Waals surface area contributed by atoms with Gasteiger partial charge in [-0.25, -0.2) is 4.98 Å². The van der Waals surface area contributed by atoms with E-state index in [1.165, 1.54) is 47.9 Å². The number of aromatic nitrogens is 3. The summed E-state index contributed by atoms with van der Waals surface area (Å²) < 4.78 is 3.59. The number of pyridine rings is 2. The van der Waals surface area contributed by atoms with Crippen LogP contribution in [-0.2, 0) is 7.05 Å². The Labute approximate surface area is 220 Å². The van der Waals surface area contributed by atoms with Crippen molar-refractivity contribution in [1.29, 1.82) is 0 Å². The molecule has 5 heterocycles. The van der Waals surface area contributed by atoms with Crippen molar-refractivity contribution < 1.29 is 0 Å². The van der Waals surface area contributed by atoms with Gasteiger partial charge in [0, 0.05) is 85.6 Å². The highest BCUT2D eigenvalue weighted by atomic mass is 127. The molecule has 2 fully saturated rings. The largest absolute Gasteiger partial charge is 0.357 e. The van der Waals surface area contributed by atoms with Gasteiger partial charge < -0.3 is 14.8 Å². The molecule has 3 aromatic rings. The van der Waals surface area contributed by atoms with E-state index in [1.54, 1.807) is 4.57 Å². The molecule has 3 aromatic heterocycles. The van der Waals surface area contributed by atoms with Crippen LogP contribution >= 0.6 is 30.3 Å². The molecule has 2 aliphatic heterocycles. The zero-order valence-electron chi connectivity index (χ0n) is 21.1. The molecule has 0 saturated carbocycles. The van der Waals surface area contributed by atoms with Gasteiger partial charge >= 0.3 is 0 Å². The van der Waals surface area contributed by atoms with Gasteiger partial charge in [0.05, 0.1) is 0 Å². The fourth-order valence-electron chi connectivity index (χ4n) is 5.02. The van der Waals surface area contributed by atoms with Gasteiger partial charge in [0.25, 0.3) is 5.56 Å². The minimum absolute atomic E-state index is 0.0210. The smallest absolute Gasteiger partial charge is 0.275 e. The number of anilines is 1. The minimum Gasteiger partial charge on any atom is -0.357 e. The normalized spacial score (nSPS) is 17.1. The molecule has 0 aromatic carbocycles. The molecule has 0 amide bonds. The standard InChI is InChI=1S/C22H26IN5OS.2C2H6/c1-26-15-18(17-4-11-28(30-23)20(17)21(26)29)16-2-3-19(25-14-16)27-12-7-22(8-13-27)5-9-24-10-6-22;2*1-2/h2-4,11,14-15,24H,5-10,12-13H2,1H3;2*1-2H3. The second-order valence-corrected chi connectivity index (χ2v) is 10.3. The first-order valence-electron chi connectivity index (χ1n) is 12.5. The molecule has 2 saturated heterocycles. The third-order valence-corrected chi connectivity index (χ3v) is 8.66. The Morgan fingerprint density at radius 2 is 1.71 bits per heavy atom. The van der Waals surface area contributed by atoms with E-state index >= 15 is 0 Å². The maximum Gasteiger partial charge on any atom is 0.275 e. The molecule has 5 rings (SSSR count). The van der Waals surface area contributed by atoms with Crippen LogP contribution in [0.1, 0.15) is 53.4 Å². The van der Waals surface area contributed by atoms with E-state index in [4.69, 9.17) is 4.98 Å². The number of hydrogen-bond acceptors (Lipinski definition) is 5. The first-order chi connectivity index (χ1) is 16.6. The predicted octanol–water partition coefficient (Wildman–Crippen LogP) is 6.27. The molecule has 186 valence electrons.